The van der Waals surface area contributed by atoms with Gasteiger partial charge in [0.25, 0.3) is 5.69 Å². The van der Waals surface area contributed by atoms with Crippen molar-refractivity contribution in [1.82, 2.24) is 4.90 Å². The Bertz CT molecular complexity index is 557. The molecule has 1 aliphatic heterocycles. The Morgan fingerprint density at radius 2 is 2.32 bits per heavy atom. The standard InChI is InChI=1S/C12H13ClN4O2/c1-16-6-2-3-10(16)8-14-15-9-4-5-11(13)12(7-9)17(18)19/h4-5,7-8H,2-3,6H2,1H3/b10-8-,15-14?. The zero-order valence-corrected chi connectivity index (χ0v) is 11.2. The number of halogens is 1. The number of allylic oxidation sites excluding steroid dienone is 1. The van der Waals surface area contributed by atoms with Crippen LogP contribution in [0, 0.1) is 10.1 Å². The molecule has 0 N–H and O–H groups in total. The maximum absolute atomic E-state index is 10.7. The Balaban J connectivity index is 2.15. The molecule has 19 heavy (non-hydrogen) atoms. The molecule has 0 bridgehead atoms. The summed E-state index contributed by atoms with van der Waals surface area (Å²) >= 11 is 5.72. The zero-order valence-electron chi connectivity index (χ0n) is 10.4. The highest BCUT2D eigenvalue weighted by atomic mass is 35.5. The molecule has 0 amide bonds. The van der Waals surface area contributed by atoms with E-state index in [1.807, 2.05) is 7.05 Å². The first-order chi connectivity index (χ1) is 9.08. The fraction of sp³-hybridized carbons (Fsp3) is 0.333. The lowest BCUT2D eigenvalue weighted by molar-refractivity contribution is -0.384. The van der Waals surface area contributed by atoms with Crippen LogP contribution in [0.25, 0.3) is 0 Å². The lowest BCUT2D eigenvalue weighted by atomic mass is 10.3. The van der Waals surface area contributed by atoms with Crippen LogP contribution in [-0.4, -0.2) is 23.4 Å². The van der Waals surface area contributed by atoms with Gasteiger partial charge in [-0.1, -0.05) is 11.6 Å². The second-order valence-electron chi connectivity index (χ2n) is 4.25. The molecule has 1 heterocycles. The third kappa shape index (κ3) is 3.29. The minimum absolute atomic E-state index is 0.0952. The van der Waals surface area contributed by atoms with Gasteiger partial charge in [0.1, 0.15) is 5.02 Å². The minimum Gasteiger partial charge on any atom is -0.377 e. The van der Waals surface area contributed by atoms with Crippen LogP contribution in [0.5, 0.6) is 0 Å². The summed E-state index contributed by atoms with van der Waals surface area (Å²) in [7, 11) is 2.00. The maximum atomic E-state index is 10.7. The number of nitro benzene ring substituents is 1. The van der Waals surface area contributed by atoms with Crippen LogP contribution in [0.1, 0.15) is 12.8 Å². The van der Waals surface area contributed by atoms with Gasteiger partial charge in [-0.15, -0.1) is 0 Å². The number of azo groups is 1. The van der Waals surface area contributed by atoms with E-state index in [2.05, 4.69) is 15.1 Å². The molecule has 1 saturated heterocycles. The highest BCUT2D eigenvalue weighted by molar-refractivity contribution is 6.32. The Labute approximate surface area is 115 Å². The van der Waals surface area contributed by atoms with Gasteiger partial charge in [0.05, 0.1) is 16.8 Å². The molecule has 2 rings (SSSR count). The van der Waals surface area contributed by atoms with E-state index in [4.69, 9.17) is 11.6 Å². The summed E-state index contributed by atoms with van der Waals surface area (Å²) in [5.41, 5.74) is 1.37. The van der Waals surface area contributed by atoms with Crippen molar-refractivity contribution in [2.24, 2.45) is 10.2 Å². The zero-order chi connectivity index (χ0) is 13.8. The third-order valence-electron chi connectivity index (χ3n) is 2.92. The molecule has 0 radical (unpaired) electrons. The summed E-state index contributed by atoms with van der Waals surface area (Å²) in [6, 6.07) is 4.35. The van der Waals surface area contributed by atoms with Crippen molar-refractivity contribution >= 4 is 23.0 Å². The van der Waals surface area contributed by atoms with Crippen molar-refractivity contribution in [3.63, 3.8) is 0 Å². The van der Waals surface area contributed by atoms with E-state index < -0.39 is 4.92 Å². The normalized spacial score (nSPS) is 17.6. The van der Waals surface area contributed by atoms with E-state index in [0.717, 1.165) is 25.1 Å². The van der Waals surface area contributed by atoms with Gasteiger partial charge in [0, 0.05) is 25.4 Å². The number of nitro groups is 1. The first-order valence-electron chi connectivity index (χ1n) is 5.83. The molecule has 100 valence electrons. The molecule has 0 saturated carbocycles. The molecule has 1 fully saturated rings. The van der Waals surface area contributed by atoms with Crippen molar-refractivity contribution in [1.29, 1.82) is 0 Å². The summed E-state index contributed by atoms with van der Waals surface area (Å²) in [6.45, 7) is 1.02. The number of benzene rings is 1. The smallest absolute Gasteiger partial charge is 0.290 e. The number of hydrogen-bond acceptors (Lipinski definition) is 5. The number of rotatable bonds is 3. The van der Waals surface area contributed by atoms with E-state index in [1.54, 1.807) is 12.3 Å². The van der Waals surface area contributed by atoms with Gasteiger partial charge in [-0.25, -0.2) is 0 Å². The lowest BCUT2D eigenvalue weighted by Crippen LogP contribution is -2.09. The van der Waals surface area contributed by atoms with E-state index in [9.17, 15) is 10.1 Å². The average Bonchev–Trinajstić information content (AvgIpc) is 2.77. The van der Waals surface area contributed by atoms with Crippen LogP contribution in [0.3, 0.4) is 0 Å². The largest absolute Gasteiger partial charge is 0.377 e. The van der Waals surface area contributed by atoms with Crippen LogP contribution in [0.2, 0.25) is 5.02 Å². The molecule has 1 aromatic rings. The molecule has 6 nitrogen and oxygen atoms in total. The van der Waals surface area contributed by atoms with Crippen LogP contribution < -0.4 is 0 Å². The molecule has 0 atom stereocenters. The van der Waals surface area contributed by atoms with Crippen molar-refractivity contribution < 1.29 is 4.92 Å². The van der Waals surface area contributed by atoms with Crippen molar-refractivity contribution in [3.05, 3.63) is 45.2 Å². The van der Waals surface area contributed by atoms with Crippen molar-refractivity contribution in [2.45, 2.75) is 12.8 Å². The van der Waals surface area contributed by atoms with Crippen LogP contribution >= 0.6 is 11.6 Å². The third-order valence-corrected chi connectivity index (χ3v) is 3.24. The molecule has 1 aliphatic rings. The van der Waals surface area contributed by atoms with Crippen molar-refractivity contribution in [2.75, 3.05) is 13.6 Å². The number of likely N-dealkylation sites (tertiary alicyclic amines) is 1. The van der Waals surface area contributed by atoms with Gasteiger partial charge in [-0.05, 0) is 25.0 Å². The minimum atomic E-state index is -0.537. The molecule has 0 aromatic heterocycles. The van der Waals surface area contributed by atoms with E-state index in [1.165, 1.54) is 12.1 Å². The summed E-state index contributed by atoms with van der Waals surface area (Å²) in [4.78, 5) is 12.3. The fourth-order valence-electron chi connectivity index (χ4n) is 1.86. The lowest BCUT2D eigenvalue weighted by Gasteiger charge is -2.10. The first-order valence-corrected chi connectivity index (χ1v) is 6.20. The average molecular weight is 281 g/mol. The van der Waals surface area contributed by atoms with E-state index in [-0.39, 0.29) is 10.7 Å². The van der Waals surface area contributed by atoms with Crippen LogP contribution in [-0.2, 0) is 0 Å². The number of nitrogens with zero attached hydrogens (tertiary/aromatic N) is 4. The molecule has 0 spiro atoms. The monoisotopic (exact) mass is 280 g/mol. The quantitative estimate of drug-likeness (QED) is 0.479. The van der Waals surface area contributed by atoms with Gasteiger partial charge >= 0.3 is 0 Å². The Morgan fingerprint density at radius 1 is 1.53 bits per heavy atom. The van der Waals surface area contributed by atoms with E-state index >= 15 is 0 Å². The van der Waals surface area contributed by atoms with Gasteiger partial charge in [-0.3, -0.25) is 10.1 Å². The van der Waals surface area contributed by atoms with Crippen LogP contribution in [0.15, 0.2) is 40.3 Å². The Hall–Kier alpha value is -1.95. The summed E-state index contributed by atoms with van der Waals surface area (Å²) in [5, 5.41) is 18.7. The second-order valence-corrected chi connectivity index (χ2v) is 4.66. The van der Waals surface area contributed by atoms with Crippen LogP contribution in [0.4, 0.5) is 11.4 Å². The first kappa shape index (κ1) is 13.5. The van der Waals surface area contributed by atoms with Gasteiger partial charge < -0.3 is 4.90 Å². The topological polar surface area (TPSA) is 71.1 Å². The van der Waals surface area contributed by atoms with E-state index in [0.29, 0.717) is 5.69 Å². The van der Waals surface area contributed by atoms with Gasteiger partial charge in [0.15, 0.2) is 0 Å². The number of hydrogen-bond donors (Lipinski definition) is 0. The Morgan fingerprint density at radius 3 is 2.95 bits per heavy atom. The highest BCUT2D eigenvalue weighted by Gasteiger charge is 2.13. The molecule has 0 aliphatic carbocycles. The predicted molar refractivity (Wildman–Crippen MR) is 72.6 cm³/mol. The van der Waals surface area contributed by atoms with Gasteiger partial charge in [0.2, 0.25) is 0 Å². The molecule has 0 unspecified atom stereocenters. The summed E-state index contributed by atoms with van der Waals surface area (Å²) in [6.07, 6.45) is 3.79. The maximum Gasteiger partial charge on any atom is 0.290 e. The molecule has 1 aromatic carbocycles. The molecular weight excluding hydrogens is 268 g/mol. The van der Waals surface area contributed by atoms with Crippen molar-refractivity contribution in [3.8, 4) is 0 Å². The Kier molecular flexibility index (Phi) is 4.11. The predicted octanol–water partition coefficient (Wildman–Crippen LogP) is 3.90. The SMILES string of the molecule is CN1CCC/C1=C/N=Nc1ccc(Cl)c([N+](=O)[O-])c1. The fourth-order valence-corrected chi connectivity index (χ4v) is 2.05. The summed E-state index contributed by atoms with van der Waals surface area (Å²) in [5.74, 6) is 0. The molecule has 7 heteroatoms. The van der Waals surface area contributed by atoms with Gasteiger partial charge in [-0.2, -0.15) is 10.2 Å². The summed E-state index contributed by atoms with van der Waals surface area (Å²) < 4.78 is 0. The highest BCUT2D eigenvalue weighted by Crippen LogP contribution is 2.29. The second kappa shape index (κ2) is 5.79. The molecular formula is C12H13ClN4O2.